The third-order valence-electron chi connectivity index (χ3n) is 5.91. The first-order chi connectivity index (χ1) is 13.9. The summed E-state index contributed by atoms with van der Waals surface area (Å²) >= 11 is 0. The molecule has 5 heteroatoms. The summed E-state index contributed by atoms with van der Waals surface area (Å²) in [6, 6.07) is 13.3. The van der Waals surface area contributed by atoms with Crippen molar-refractivity contribution in [1.82, 2.24) is 14.9 Å². The van der Waals surface area contributed by atoms with Gasteiger partial charge in [-0.2, -0.15) is 4.98 Å². The molecule has 1 atom stereocenters. The summed E-state index contributed by atoms with van der Waals surface area (Å²) in [5.74, 6) is 1.86. The number of likely N-dealkylation sites (tertiary alicyclic amines) is 1. The van der Waals surface area contributed by atoms with Gasteiger partial charge in [-0.05, 0) is 43.9 Å². The summed E-state index contributed by atoms with van der Waals surface area (Å²) in [6.45, 7) is 5.47. The Hall–Kier alpha value is -2.14. The van der Waals surface area contributed by atoms with Crippen LogP contribution in [0.4, 0.5) is 11.8 Å². The molecule has 0 bridgehead atoms. The van der Waals surface area contributed by atoms with Gasteiger partial charge in [-0.15, -0.1) is 0 Å². The summed E-state index contributed by atoms with van der Waals surface area (Å²) < 4.78 is 0. The number of nitrogens with zero attached hydrogens (tertiary/aromatic N) is 4. The molecule has 5 nitrogen and oxygen atoms in total. The Morgan fingerprint density at radius 1 is 0.893 bits per heavy atom. The second-order valence-corrected chi connectivity index (χ2v) is 8.20. The Morgan fingerprint density at radius 2 is 1.68 bits per heavy atom. The Balaban J connectivity index is 1.39. The van der Waals surface area contributed by atoms with Gasteiger partial charge in [-0.25, -0.2) is 4.98 Å². The minimum atomic E-state index is 0.408. The number of anilines is 2. The highest BCUT2D eigenvalue weighted by molar-refractivity contribution is 5.43. The molecule has 2 aliphatic rings. The van der Waals surface area contributed by atoms with Gasteiger partial charge in [-0.1, -0.05) is 49.6 Å². The third-order valence-corrected chi connectivity index (χ3v) is 5.91. The van der Waals surface area contributed by atoms with Crippen LogP contribution in [0.3, 0.4) is 0 Å². The average molecular weight is 380 g/mol. The van der Waals surface area contributed by atoms with Crippen molar-refractivity contribution in [1.29, 1.82) is 0 Å². The van der Waals surface area contributed by atoms with Gasteiger partial charge in [0.15, 0.2) is 0 Å². The number of aromatic nitrogens is 2. The van der Waals surface area contributed by atoms with Crippen molar-refractivity contribution >= 4 is 11.8 Å². The molecule has 1 aromatic carbocycles. The monoisotopic (exact) mass is 379 g/mol. The summed E-state index contributed by atoms with van der Waals surface area (Å²) in [6.07, 6.45) is 10.8. The van der Waals surface area contributed by atoms with Crippen LogP contribution >= 0.6 is 0 Å². The minimum Gasteiger partial charge on any atom is -0.356 e. The van der Waals surface area contributed by atoms with E-state index in [1.807, 2.05) is 6.20 Å². The first-order valence-electron chi connectivity index (χ1n) is 11.0. The van der Waals surface area contributed by atoms with E-state index in [-0.39, 0.29) is 0 Å². The van der Waals surface area contributed by atoms with E-state index in [4.69, 9.17) is 4.98 Å². The molecule has 3 heterocycles. The molecule has 2 aromatic rings. The molecule has 1 N–H and O–H groups in total. The second kappa shape index (κ2) is 9.87. The minimum absolute atomic E-state index is 0.408. The van der Waals surface area contributed by atoms with Crippen LogP contribution in [0.25, 0.3) is 0 Å². The van der Waals surface area contributed by atoms with E-state index in [0.29, 0.717) is 6.04 Å². The molecule has 0 spiro atoms. The van der Waals surface area contributed by atoms with Crippen molar-refractivity contribution in [3.05, 3.63) is 48.2 Å². The Labute approximate surface area is 169 Å². The van der Waals surface area contributed by atoms with Crippen molar-refractivity contribution in [2.75, 3.05) is 36.4 Å². The van der Waals surface area contributed by atoms with Crippen LogP contribution in [-0.4, -0.2) is 47.1 Å². The van der Waals surface area contributed by atoms with Gasteiger partial charge in [0.25, 0.3) is 0 Å². The van der Waals surface area contributed by atoms with Crippen molar-refractivity contribution in [2.24, 2.45) is 0 Å². The SMILES string of the molecule is c1ccc(CN2CCCC[C@H](Nc3nccc(N4CCCCCC4)n3)C2)cc1. The summed E-state index contributed by atoms with van der Waals surface area (Å²) in [5, 5.41) is 3.64. The summed E-state index contributed by atoms with van der Waals surface area (Å²) in [4.78, 5) is 14.4. The van der Waals surface area contributed by atoms with Gasteiger partial charge in [-0.3, -0.25) is 4.90 Å². The number of benzene rings is 1. The molecule has 28 heavy (non-hydrogen) atoms. The highest BCUT2D eigenvalue weighted by Crippen LogP contribution is 2.20. The van der Waals surface area contributed by atoms with Crippen LogP contribution in [0.2, 0.25) is 0 Å². The standard InChI is InChI=1S/C23H33N5/c1-2-8-17-28(16-7-1)22-13-14-24-23(26-22)25-21-12-6-9-15-27(19-21)18-20-10-4-3-5-11-20/h3-5,10-11,13-14,21H,1-2,6-9,12,15-19H2,(H,24,25,26)/t21-/m0/s1. The lowest BCUT2D eigenvalue weighted by Crippen LogP contribution is -2.35. The predicted octanol–water partition coefficient (Wildman–Crippen LogP) is 4.32. The van der Waals surface area contributed by atoms with E-state index in [1.165, 1.54) is 57.1 Å². The molecule has 1 aromatic heterocycles. The second-order valence-electron chi connectivity index (χ2n) is 8.20. The predicted molar refractivity (Wildman–Crippen MR) is 116 cm³/mol. The van der Waals surface area contributed by atoms with E-state index >= 15 is 0 Å². The third kappa shape index (κ3) is 5.44. The van der Waals surface area contributed by atoms with Crippen LogP contribution in [0.5, 0.6) is 0 Å². The maximum Gasteiger partial charge on any atom is 0.224 e. The van der Waals surface area contributed by atoms with E-state index in [2.05, 4.69) is 56.5 Å². The summed E-state index contributed by atoms with van der Waals surface area (Å²) in [5.41, 5.74) is 1.39. The van der Waals surface area contributed by atoms with Crippen LogP contribution in [0, 0.1) is 0 Å². The largest absolute Gasteiger partial charge is 0.356 e. The lowest BCUT2D eigenvalue weighted by Gasteiger charge is -2.26. The molecule has 0 aliphatic carbocycles. The van der Waals surface area contributed by atoms with Crippen LogP contribution in [-0.2, 0) is 6.54 Å². The maximum atomic E-state index is 4.86. The van der Waals surface area contributed by atoms with Gasteiger partial charge in [0.05, 0.1) is 0 Å². The Morgan fingerprint density at radius 3 is 2.50 bits per heavy atom. The molecule has 2 aliphatic heterocycles. The fraction of sp³-hybridized carbons (Fsp3) is 0.565. The highest BCUT2D eigenvalue weighted by atomic mass is 15.2. The first-order valence-corrected chi connectivity index (χ1v) is 11.0. The molecule has 150 valence electrons. The van der Waals surface area contributed by atoms with E-state index in [0.717, 1.165) is 37.9 Å². The fourth-order valence-corrected chi connectivity index (χ4v) is 4.40. The highest BCUT2D eigenvalue weighted by Gasteiger charge is 2.19. The Bertz CT molecular complexity index is 712. The smallest absolute Gasteiger partial charge is 0.224 e. The van der Waals surface area contributed by atoms with Crippen LogP contribution < -0.4 is 10.2 Å². The van der Waals surface area contributed by atoms with Crippen molar-refractivity contribution in [2.45, 2.75) is 57.5 Å². The molecule has 0 radical (unpaired) electrons. The van der Waals surface area contributed by atoms with Gasteiger partial charge in [0, 0.05) is 38.4 Å². The normalized spacial score (nSPS) is 21.7. The van der Waals surface area contributed by atoms with Crippen molar-refractivity contribution in [3.63, 3.8) is 0 Å². The molecule has 4 rings (SSSR count). The molecular weight excluding hydrogens is 346 g/mol. The summed E-state index contributed by atoms with van der Waals surface area (Å²) in [7, 11) is 0. The van der Waals surface area contributed by atoms with Crippen molar-refractivity contribution < 1.29 is 0 Å². The molecule has 2 fully saturated rings. The molecule has 0 saturated carbocycles. The molecule has 0 amide bonds. The first kappa shape index (κ1) is 19.2. The number of hydrogen-bond donors (Lipinski definition) is 1. The zero-order valence-corrected chi connectivity index (χ0v) is 16.9. The van der Waals surface area contributed by atoms with Crippen LogP contribution in [0.15, 0.2) is 42.6 Å². The Kier molecular flexibility index (Phi) is 6.77. The van der Waals surface area contributed by atoms with Gasteiger partial charge < -0.3 is 10.2 Å². The maximum absolute atomic E-state index is 4.86. The lowest BCUT2D eigenvalue weighted by atomic mass is 10.1. The molecular formula is C23H33N5. The quantitative estimate of drug-likeness (QED) is 0.838. The number of rotatable bonds is 5. The van der Waals surface area contributed by atoms with E-state index in [1.54, 1.807) is 0 Å². The average Bonchev–Trinajstić information content (AvgIpc) is 3.12. The number of hydrogen-bond acceptors (Lipinski definition) is 5. The molecule has 0 unspecified atom stereocenters. The lowest BCUT2D eigenvalue weighted by molar-refractivity contribution is 0.269. The van der Waals surface area contributed by atoms with Gasteiger partial charge in [0.2, 0.25) is 5.95 Å². The topological polar surface area (TPSA) is 44.3 Å². The number of nitrogens with one attached hydrogen (secondary N) is 1. The van der Waals surface area contributed by atoms with Gasteiger partial charge >= 0.3 is 0 Å². The zero-order valence-electron chi connectivity index (χ0n) is 16.9. The zero-order chi connectivity index (χ0) is 19.0. The van der Waals surface area contributed by atoms with Crippen molar-refractivity contribution in [3.8, 4) is 0 Å². The molecule has 2 saturated heterocycles. The van der Waals surface area contributed by atoms with E-state index in [9.17, 15) is 0 Å². The van der Waals surface area contributed by atoms with Crippen LogP contribution in [0.1, 0.15) is 50.5 Å². The fourth-order valence-electron chi connectivity index (χ4n) is 4.40. The van der Waals surface area contributed by atoms with E-state index < -0.39 is 0 Å². The van der Waals surface area contributed by atoms with Gasteiger partial charge in [0.1, 0.15) is 5.82 Å².